The highest BCUT2D eigenvalue weighted by atomic mass is 32.2. The SMILES string of the molecule is Cc1c(F)cc(N)cc1S(=O)(=O)NC(C)C(C)(C)C. The van der Waals surface area contributed by atoms with Gasteiger partial charge in [0.1, 0.15) is 5.82 Å². The zero-order chi connectivity index (χ0) is 15.0. The summed E-state index contributed by atoms with van der Waals surface area (Å²) in [6.07, 6.45) is 0. The van der Waals surface area contributed by atoms with Crippen molar-refractivity contribution in [2.45, 2.75) is 45.6 Å². The third-order valence-electron chi connectivity index (χ3n) is 3.24. The highest BCUT2D eigenvalue weighted by Crippen LogP contribution is 2.25. The van der Waals surface area contributed by atoms with E-state index >= 15 is 0 Å². The predicted molar refractivity (Wildman–Crippen MR) is 74.8 cm³/mol. The molecule has 108 valence electrons. The molecule has 19 heavy (non-hydrogen) atoms. The fourth-order valence-electron chi connectivity index (χ4n) is 1.43. The number of nitrogens with two attached hydrogens (primary N) is 1. The summed E-state index contributed by atoms with van der Waals surface area (Å²) < 4.78 is 40.7. The van der Waals surface area contributed by atoms with Crippen LogP contribution in [0.2, 0.25) is 0 Å². The van der Waals surface area contributed by atoms with E-state index in [1.165, 1.54) is 13.0 Å². The minimum atomic E-state index is -3.79. The van der Waals surface area contributed by atoms with Crippen LogP contribution in [-0.2, 0) is 10.0 Å². The molecule has 3 N–H and O–H groups in total. The van der Waals surface area contributed by atoms with E-state index in [0.717, 1.165) is 6.07 Å². The summed E-state index contributed by atoms with van der Waals surface area (Å²) in [5.74, 6) is -0.621. The van der Waals surface area contributed by atoms with E-state index in [-0.39, 0.29) is 27.6 Å². The quantitative estimate of drug-likeness (QED) is 0.839. The topological polar surface area (TPSA) is 72.2 Å². The number of sulfonamides is 1. The molecule has 0 aliphatic carbocycles. The number of halogens is 1. The number of rotatable bonds is 3. The van der Waals surface area contributed by atoms with Crippen LogP contribution in [0.4, 0.5) is 10.1 Å². The van der Waals surface area contributed by atoms with Gasteiger partial charge in [0.2, 0.25) is 10.0 Å². The average Bonchev–Trinajstić information content (AvgIpc) is 2.21. The number of nitrogen functional groups attached to an aromatic ring is 1. The molecule has 0 spiro atoms. The Hall–Kier alpha value is -1.14. The summed E-state index contributed by atoms with van der Waals surface area (Å²) in [5.41, 5.74) is 5.43. The summed E-state index contributed by atoms with van der Waals surface area (Å²) >= 11 is 0. The van der Waals surface area contributed by atoms with Gasteiger partial charge >= 0.3 is 0 Å². The van der Waals surface area contributed by atoms with E-state index in [4.69, 9.17) is 5.73 Å². The van der Waals surface area contributed by atoms with Crippen molar-refractivity contribution in [1.82, 2.24) is 4.72 Å². The van der Waals surface area contributed by atoms with Crippen LogP contribution in [0.15, 0.2) is 17.0 Å². The first-order valence-corrected chi connectivity index (χ1v) is 7.51. The Balaban J connectivity index is 3.22. The molecular formula is C13H21FN2O2S. The standard InChI is InChI=1S/C13H21FN2O2S/c1-8-11(14)6-10(15)7-12(8)19(17,18)16-9(2)13(3,4)5/h6-7,9,16H,15H2,1-5H3. The first-order valence-electron chi connectivity index (χ1n) is 6.03. The lowest BCUT2D eigenvalue weighted by molar-refractivity contribution is 0.317. The molecule has 1 unspecified atom stereocenters. The fourth-order valence-corrected chi connectivity index (χ4v) is 3.16. The number of hydrogen-bond donors (Lipinski definition) is 2. The van der Waals surface area contributed by atoms with Gasteiger partial charge in [-0.25, -0.2) is 17.5 Å². The van der Waals surface area contributed by atoms with Crippen LogP contribution in [0.5, 0.6) is 0 Å². The highest BCUT2D eigenvalue weighted by Gasteiger charge is 2.27. The Morgan fingerprint density at radius 1 is 1.32 bits per heavy atom. The zero-order valence-corrected chi connectivity index (χ0v) is 12.7. The summed E-state index contributed by atoms with van der Waals surface area (Å²) in [6, 6.07) is 2.10. The number of nitrogens with one attached hydrogen (secondary N) is 1. The second-order valence-corrected chi connectivity index (χ2v) is 7.52. The molecule has 0 saturated carbocycles. The van der Waals surface area contributed by atoms with Crippen molar-refractivity contribution in [2.24, 2.45) is 5.41 Å². The summed E-state index contributed by atoms with van der Waals surface area (Å²) in [7, 11) is -3.79. The van der Waals surface area contributed by atoms with Crippen LogP contribution >= 0.6 is 0 Å². The van der Waals surface area contributed by atoms with E-state index in [1.54, 1.807) is 6.92 Å². The van der Waals surface area contributed by atoms with Crippen molar-refractivity contribution in [3.63, 3.8) is 0 Å². The molecule has 0 bridgehead atoms. The molecule has 0 aliphatic heterocycles. The molecule has 0 aromatic heterocycles. The van der Waals surface area contributed by atoms with Gasteiger partial charge in [-0.2, -0.15) is 0 Å². The third-order valence-corrected chi connectivity index (χ3v) is 4.91. The minimum absolute atomic E-state index is 0.0720. The number of hydrogen-bond acceptors (Lipinski definition) is 3. The zero-order valence-electron chi connectivity index (χ0n) is 11.9. The lowest BCUT2D eigenvalue weighted by atomic mass is 9.89. The third kappa shape index (κ3) is 3.67. The molecule has 0 aliphatic rings. The van der Waals surface area contributed by atoms with Crippen LogP contribution in [0, 0.1) is 18.2 Å². The molecular weight excluding hydrogens is 267 g/mol. The van der Waals surface area contributed by atoms with Gasteiger partial charge in [-0.05, 0) is 31.4 Å². The van der Waals surface area contributed by atoms with E-state index in [1.807, 2.05) is 20.8 Å². The monoisotopic (exact) mass is 288 g/mol. The highest BCUT2D eigenvalue weighted by molar-refractivity contribution is 7.89. The molecule has 1 aromatic carbocycles. The van der Waals surface area contributed by atoms with E-state index in [9.17, 15) is 12.8 Å². The van der Waals surface area contributed by atoms with E-state index in [0.29, 0.717) is 0 Å². The predicted octanol–water partition coefficient (Wildman–Crippen LogP) is 2.43. The Kier molecular flexibility index (Phi) is 4.27. The maximum atomic E-state index is 13.6. The smallest absolute Gasteiger partial charge is 0.241 e. The van der Waals surface area contributed by atoms with Gasteiger partial charge in [-0.15, -0.1) is 0 Å². The van der Waals surface area contributed by atoms with Crippen molar-refractivity contribution in [1.29, 1.82) is 0 Å². The van der Waals surface area contributed by atoms with Crippen LogP contribution in [0.3, 0.4) is 0 Å². The molecule has 0 heterocycles. The first-order chi connectivity index (χ1) is 8.45. The maximum absolute atomic E-state index is 13.6. The average molecular weight is 288 g/mol. The van der Waals surface area contributed by atoms with Gasteiger partial charge in [-0.3, -0.25) is 0 Å². The van der Waals surface area contributed by atoms with Gasteiger partial charge in [0, 0.05) is 17.3 Å². The van der Waals surface area contributed by atoms with Crippen molar-refractivity contribution < 1.29 is 12.8 Å². The lowest BCUT2D eigenvalue weighted by Gasteiger charge is -2.28. The molecule has 1 rings (SSSR count). The van der Waals surface area contributed by atoms with Gasteiger partial charge in [0.25, 0.3) is 0 Å². The molecule has 0 saturated heterocycles. The minimum Gasteiger partial charge on any atom is -0.399 e. The van der Waals surface area contributed by atoms with E-state index < -0.39 is 15.8 Å². The van der Waals surface area contributed by atoms with Crippen molar-refractivity contribution in [3.05, 3.63) is 23.5 Å². The van der Waals surface area contributed by atoms with Crippen LogP contribution in [0.1, 0.15) is 33.3 Å². The van der Waals surface area contributed by atoms with Crippen molar-refractivity contribution in [3.8, 4) is 0 Å². The number of anilines is 1. The fraction of sp³-hybridized carbons (Fsp3) is 0.538. The Labute approximate surface area is 114 Å². The molecule has 0 amide bonds. The van der Waals surface area contributed by atoms with Gasteiger partial charge in [0.05, 0.1) is 4.90 Å². The maximum Gasteiger partial charge on any atom is 0.241 e. The van der Waals surface area contributed by atoms with Crippen molar-refractivity contribution in [2.75, 3.05) is 5.73 Å². The van der Waals surface area contributed by atoms with Crippen LogP contribution < -0.4 is 10.5 Å². The molecule has 4 nitrogen and oxygen atoms in total. The Morgan fingerprint density at radius 3 is 2.32 bits per heavy atom. The Morgan fingerprint density at radius 2 is 1.84 bits per heavy atom. The van der Waals surface area contributed by atoms with Gasteiger partial charge < -0.3 is 5.73 Å². The van der Waals surface area contributed by atoms with Crippen LogP contribution in [-0.4, -0.2) is 14.5 Å². The number of benzene rings is 1. The van der Waals surface area contributed by atoms with Crippen LogP contribution in [0.25, 0.3) is 0 Å². The normalized spacial score (nSPS) is 14.4. The summed E-state index contributed by atoms with van der Waals surface area (Å²) in [6.45, 7) is 8.97. The lowest BCUT2D eigenvalue weighted by Crippen LogP contribution is -2.41. The second-order valence-electron chi connectivity index (χ2n) is 5.83. The summed E-state index contributed by atoms with van der Waals surface area (Å²) in [4.78, 5) is -0.110. The van der Waals surface area contributed by atoms with Gasteiger partial charge in [-0.1, -0.05) is 20.8 Å². The molecule has 6 heteroatoms. The van der Waals surface area contributed by atoms with E-state index in [2.05, 4.69) is 4.72 Å². The molecule has 0 radical (unpaired) electrons. The molecule has 1 aromatic rings. The molecule has 1 atom stereocenters. The van der Waals surface area contributed by atoms with Crippen molar-refractivity contribution >= 4 is 15.7 Å². The first kappa shape index (κ1) is 15.9. The summed E-state index contributed by atoms with van der Waals surface area (Å²) in [5, 5.41) is 0. The largest absolute Gasteiger partial charge is 0.399 e. The molecule has 0 fully saturated rings. The van der Waals surface area contributed by atoms with Gasteiger partial charge in [0.15, 0.2) is 0 Å². The second kappa shape index (κ2) is 5.09. The Bertz CT molecular complexity index is 577.